The van der Waals surface area contributed by atoms with Crippen molar-refractivity contribution in [1.29, 1.82) is 0 Å². The minimum atomic E-state index is 0.833. The Morgan fingerprint density at radius 1 is 1.12 bits per heavy atom. The van der Waals surface area contributed by atoms with Gasteiger partial charge in [-0.1, -0.05) is 53.7 Å². The molecule has 0 aliphatic carbocycles. The summed E-state index contributed by atoms with van der Waals surface area (Å²) >= 11 is 0. The van der Waals surface area contributed by atoms with E-state index in [4.69, 9.17) is 4.74 Å². The van der Waals surface area contributed by atoms with Crippen LogP contribution in [0.5, 0.6) is 5.75 Å². The van der Waals surface area contributed by atoms with E-state index in [1.807, 2.05) is 13.8 Å². The minimum Gasteiger partial charge on any atom is -0.496 e. The van der Waals surface area contributed by atoms with Crippen LogP contribution in [0.2, 0.25) is 0 Å². The molecule has 100 valence electrons. The molecule has 0 radical (unpaired) electrons. The van der Waals surface area contributed by atoms with Gasteiger partial charge in [0.15, 0.2) is 0 Å². The average molecular weight is 238 g/mol. The summed E-state index contributed by atoms with van der Waals surface area (Å²) in [5.74, 6) is 1.82. The van der Waals surface area contributed by atoms with Gasteiger partial charge in [0, 0.05) is 0 Å². The van der Waals surface area contributed by atoms with Crippen LogP contribution in [0, 0.1) is 12.8 Å². The molecular formula is C16H30O. The van der Waals surface area contributed by atoms with Crippen LogP contribution in [0.15, 0.2) is 18.2 Å². The monoisotopic (exact) mass is 238 g/mol. The van der Waals surface area contributed by atoms with E-state index in [9.17, 15) is 0 Å². The largest absolute Gasteiger partial charge is 0.496 e. The van der Waals surface area contributed by atoms with Gasteiger partial charge in [0.1, 0.15) is 5.75 Å². The van der Waals surface area contributed by atoms with Crippen molar-refractivity contribution >= 4 is 0 Å². The van der Waals surface area contributed by atoms with Gasteiger partial charge in [-0.3, -0.25) is 0 Å². The third-order valence-corrected chi connectivity index (χ3v) is 1.88. The van der Waals surface area contributed by atoms with Crippen LogP contribution in [0.25, 0.3) is 0 Å². The molecule has 1 heteroatoms. The summed E-state index contributed by atoms with van der Waals surface area (Å²) in [4.78, 5) is 0. The summed E-state index contributed by atoms with van der Waals surface area (Å²) < 4.78 is 5.19. The lowest BCUT2D eigenvalue weighted by molar-refractivity contribution is 0.411. The van der Waals surface area contributed by atoms with Crippen molar-refractivity contribution in [3.63, 3.8) is 0 Å². The predicted molar refractivity (Wildman–Crippen MR) is 79.0 cm³/mol. The van der Waals surface area contributed by atoms with E-state index >= 15 is 0 Å². The fourth-order valence-electron chi connectivity index (χ4n) is 1.08. The van der Waals surface area contributed by atoms with Crippen LogP contribution in [0.4, 0.5) is 0 Å². The van der Waals surface area contributed by atoms with Crippen molar-refractivity contribution in [2.24, 2.45) is 5.92 Å². The first-order valence-corrected chi connectivity index (χ1v) is 6.64. The predicted octanol–water partition coefficient (Wildman–Crippen LogP) is 5.25. The molecule has 0 fully saturated rings. The smallest absolute Gasteiger partial charge is 0.122 e. The maximum atomic E-state index is 5.19. The van der Waals surface area contributed by atoms with Gasteiger partial charge in [0.05, 0.1) is 7.11 Å². The van der Waals surface area contributed by atoms with E-state index in [0.29, 0.717) is 0 Å². The Balaban J connectivity index is 0. The molecular weight excluding hydrogens is 208 g/mol. The Hall–Kier alpha value is -0.980. The van der Waals surface area contributed by atoms with Gasteiger partial charge in [-0.2, -0.15) is 0 Å². The van der Waals surface area contributed by atoms with Crippen LogP contribution in [-0.2, 0) is 6.42 Å². The fraction of sp³-hybridized carbons (Fsp3) is 0.625. The SMILES string of the molecule is CC.CC(C)C.CCc1ccc(C)c(OC)c1. The molecule has 1 aromatic carbocycles. The van der Waals surface area contributed by atoms with E-state index in [0.717, 1.165) is 18.1 Å². The molecule has 17 heavy (non-hydrogen) atoms. The maximum absolute atomic E-state index is 5.19. The molecule has 0 aromatic heterocycles. The number of methoxy groups -OCH3 is 1. The molecule has 0 atom stereocenters. The zero-order valence-corrected chi connectivity index (χ0v) is 12.9. The van der Waals surface area contributed by atoms with Gasteiger partial charge in [0.25, 0.3) is 0 Å². The van der Waals surface area contributed by atoms with Crippen molar-refractivity contribution in [3.8, 4) is 5.75 Å². The Labute approximate surface area is 108 Å². The number of benzene rings is 1. The molecule has 0 aliphatic heterocycles. The third-order valence-electron chi connectivity index (χ3n) is 1.88. The molecule has 0 amide bonds. The van der Waals surface area contributed by atoms with Crippen LogP contribution in [0.3, 0.4) is 0 Å². The Morgan fingerprint density at radius 2 is 1.59 bits per heavy atom. The highest BCUT2D eigenvalue weighted by molar-refractivity contribution is 5.36. The molecule has 1 nitrogen and oxygen atoms in total. The second-order valence-corrected chi connectivity index (χ2v) is 4.39. The van der Waals surface area contributed by atoms with Crippen molar-refractivity contribution in [2.75, 3.05) is 7.11 Å². The van der Waals surface area contributed by atoms with Gasteiger partial charge in [-0.25, -0.2) is 0 Å². The highest BCUT2D eigenvalue weighted by atomic mass is 16.5. The van der Waals surface area contributed by atoms with Crippen LogP contribution in [0.1, 0.15) is 52.7 Å². The van der Waals surface area contributed by atoms with E-state index in [1.54, 1.807) is 7.11 Å². The van der Waals surface area contributed by atoms with E-state index in [2.05, 4.69) is 52.8 Å². The summed E-state index contributed by atoms with van der Waals surface area (Å²) in [6.07, 6.45) is 1.07. The first-order valence-electron chi connectivity index (χ1n) is 6.64. The van der Waals surface area contributed by atoms with Crippen LogP contribution < -0.4 is 4.74 Å². The molecule has 0 saturated carbocycles. The molecule has 0 aliphatic rings. The number of hydrogen-bond donors (Lipinski definition) is 0. The van der Waals surface area contributed by atoms with Gasteiger partial charge in [0.2, 0.25) is 0 Å². The number of aryl methyl sites for hydroxylation is 2. The summed E-state index contributed by atoms with van der Waals surface area (Å²) in [7, 11) is 1.71. The van der Waals surface area contributed by atoms with E-state index in [-0.39, 0.29) is 0 Å². The van der Waals surface area contributed by atoms with Crippen molar-refractivity contribution in [2.45, 2.75) is 54.9 Å². The zero-order chi connectivity index (χ0) is 13.8. The van der Waals surface area contributed by atoms with Gasteiger partial charge >= 0.3 is 0 Å². The van der Waals surface area contributed by atoms with E-state index in [1.165, 1.54) is 11.1 Å². The molecule has 0 saturated heterocycles. The third kappa shape index (κ3) is 9.92. The minimum absolute atomic E-state index is 0.833. The lowest BCUT2D eigenvalue weighted by Gasteiger charge is -2.05. The second-order valence-electron chi connectivity index (χ2n) is 4.39. The molecule has 0 heterocycles. The summed E-state index contributed by atoms with van der Waals surface area (Å²) in [5.41, 5.74) is 2.53. The van der Waals surface area contributed by atoms with Crippen molar-refractivity contribution < 1.29 is 4.74 Å². The normalized spacial score (nSPS) is 8.76. The molecule has 1 aromatic rings. The molecule has 0 spiro atoms. The highest BCUT2D eigenvalue weighted by Crippen LogP contribution is 2.18. The maximum Gasteiger partial charge on any atom is 0.122 e. The topological polar surface area (TPSA) is 9.23 Å². The van der Waals surface area contributed by atoms with Crippen LogP contribution >= 0.6 is 0 Å². The number of ether oxygens (including phenoxy) is 1. The van der Waals surface area contributed by atoms with Gasteiger partial charge in [-0.05, 0) is 36.5 Å². The molecule has 0 unspecified atom stereocenters. The zero-order valence-electron chi connectivity index (χ0n) is 12.9. The average Bonchev–Trinajstić information content (AvgIpc) is 2.31. The Kier molecular flexibility index (Phi) is 12.4. The first kappa shape index (κ1) is 18.4. The fourth-order valence-corrected chi connectivity index (χ4v) is 1.08. The summed E-state index contributed by atoms with van der Waals surface area (Å²) in [6.45, 7) is 14.7. The summed E-state index contributed by atoms with van der Waals surface area (Å²) in [6, 6.07) is 6.32. The standard InChI is InChI=1S/C10H14O.C4H10.C2H6/c1-4-9-6-5-8(2)10(7-9)11-3;1-4(2)3;1-2/h5-7H,4H2,1-3H3;4H,1-3H3;1-2H3. The molecule has 0 bridgehead atoms. The highest BCUT2D eigenvalue weighted by Gasteiger charge is 1.97. The van der Waals surface area contributed by atoms with Crippen LogP contribution in [-0.4, -0.2) is 7.11 Å². The quantitative estimate of drug-likeness (QED) is 0.683. The molecule has 0 N–H and O–H groups in total. The lowest BCUT2D eigenvalue weighted by atomic mass is 10.1. The van der Waals surface area contributed by atoms with Gasteiger partial charge in [-0.15, -0.1) is 0 Å². The second kappa shape index (κ2) is 11.5. The van der Waals surface area contributed by atoms with E-state index < -0.39 is 0 Å². The van der Waals surface area contributed by atoms with Gasteiger partial charge < -0.3 is 4.74 Å². The molecule has 1 rings (SSSR count). The van der Waals surface area contributed by atoms with Crippen molar-refractivity contribution in [1.82, 2.24) is 0 Å². The summed E-state index contributed by atoms with van der Waals surface area (Å²) in [5, 5.41) is 0. The Morgan fingerprint density at radius 3 is 1.94 bits per heavy atom. The number of hydrogen-bond acceptors (Lipinski definition) is 1. The Bertz CT molecular complexity index is 274. The number of rotatable bonds is 2. The lowest BCUT2D eigenvalue weighted by Crippen LogP contribution is -1.88. The first-order chi connectivity index (χ1) is 8.01. The van der Waals surface area contributed by atoms with Crippen molar-refractivity contribution in [3.05, 3.63) is 29.3 Å².